The molecule has 1 saturated heterocycles. The lowest BCUT2D eigenvalue weighted by Gasteiger charge is -2.22. The summed E-state index contributed by atoms with van der Waals surface area (Å²) in [5.41, 5.74) is 1.73. The lowest BCUT2D eigenvalue weighted by molar-refractivity contribution is -0.118. The summed E-state index contributed by atoms with van der Waals surface area (Å²) < 4.78 is 13.8. The third-order valence-electron chi connectivity index (χ3n) is 4.96. The van der Waals surface area contributed by atoms with E-state index in [1.54, 1.807) is 6.07 Å². The van der Waals surface area contributed by atoms with Crippen molar-refractivity contribution in [3.63, 3.8) is 0 Å². The number of rotatable bonds is 6. The molecule has 148 valence electrons. The van der Waals surface area contributed by atoms with Crippen molar-refractivity contribution in [2.45, 2.75) is 32.7 Å². The number of hydrogen-bond donors (Lipinski definition) is 2. The quantitative estimate of drug-likeness (QED) is 0.797. The van der Waals surface area contributed by atoms with E-state index < -0.39 is 17.8 Å². The Bertz CT molecular complexity index is 830. The van der Waals surface area contributed by atoms with Gasteiger partial charge in [-0.1, -0.05) is 26.0 Å². The first-order chi connectivity index (χ1) is 13.5. The van der Waals surface area contributed by atoms with Crippen molar-refractivity contribution < 1.29 is 14.0 Å². The average molecular weight is 383 g/mol. The molecule has 2 amide bonds. The molecule has 28 heavy (non-hydrogen) atoms. The Morgan fingerprint density at radius 2 is 1.64 bits per heavy atom. The number of carbonyl (C=O) groups is 2. The Hall–Kier alpha value is -2.89. The van der Waals surface area contributed by atoms with Gasteiger partial charge < -0.3 is 15.5 Å². The Kier molecular flexibility index (Phi) is 6.29. The molecule has 1 atom stereocenters. The van der Waals surface area contributed by atoms with E-state index in [0.29, 0.717) is 5.69 Å². The Labute approximate surface area is 164 Å². The van der Waals surface area contributed by atoms with Crippen LogP contribution in [0.5, 0.6) is 0 Å². The molecule has 6 heteroatoms. The maximum absolute atomic E-state index is 13.8. The summed E-state index contributed by atoms with van der Waals surface area (Å²) in [6.45, 7) is 5.79. The minimum absolute atomic E-state index is 0.0732. The molecule has 1 heterocycles. The van der Waals surface area contributed by atoms with Gasteiger partial charge in [-0.05, 0) is 55.2 Å². The molecule has 0 saturated carbocycles. The first-order valence-electron chi connectivity index (χ1n) is 9.67. The molecule has 2 aromatic carbocycles. The molecule has 0 bridgehead atoms. The van der Waals surface area contributed by atoms with E-state index in [1.165, 1.54) is 31.0 Å². The minimum Gasteiger partial charge on any atom is -0.372 e. The second-order valence-corrected chi connectivity index (χ2v) is 7.41. The molecule has 0 aromatic heterocycles. The number of hydrogen-bond acceptors (Lipinski definition) is 3. The van der Waals surface area contributed by atoms with Crippen LogP contribution < -0.4 is 15.5 Å². The van der Waals surface area contributed by atoms with Crippen LogP contribution in [0.2, 0.25) is 0 Å². The van der Waals surface area contributed by atoms with Gasteiger partial charge in [0.1, 0.15) is 11.9 Å². The van der Waals surface area contributed by atoms with Crippen molar-refractivity contribution in [1.29, 1.82) is 0 Å². The molecule has 3 rings (SSSR count). The molecule has 2 N–H and O–H groups in total. The molecular weight excluding hydrogens is 357 g/mol. The topological polar surface area (TPSA) is 61.4 Å². The number of nitrogens with zero attached hydrogens (tertiary/aromatic N) is 1. The van der Waals surface area contributed by atoms with Gasteiger partial charge in [0.25, 0.3) is 5.91 Å². The second-order valence-electron chi connectivity index (χ2n) is 7.41. The van der Waals surface area contributed by atoms with Gasteiger partial charge >= 0.3 is 0 Å². The second kappa shape index (κ2) is 8.87. The van der Waals surface area contributed by atoms with Crippen molar-refractivity contribution in [2.24, 2.45) is 5.92 Å². The largest absolute Gasteiger partial charge is 0.372 e. The number of amides is 2. The number of nitrogens with one attached hydrogen (secondary N) is 2. The number of halogens is 1. The summed E-state index contributed by atoms with van der Waals surface area (Å²) in [5.74, 6) is -1.69. The Balaban J connectivity index is 1.66. The van der Waals surface area contributed by atoms with Crippen LogP contribution in [0.1, 0.15) is 37.0 Å². The monoisotopic (exact) mass is 383 g/mol. The predicted molar refractivity (Wildman–Crippen MR) is 109 cm³/mol. The third kappa shape index (κ3) is 4.68. The molecular formula is C22H26FN3O2. The van der Waals surface area contributed by atoms with Gasteiger partial charge in [-0.15, -0.1) is 0 Å². The lowest BCUT2D eigenvalue weighted by Crippen LogP contribution is -2.47. The highest BCUT2D eigenvalue weighted by Crippen LogP contribution is 2.22. The summed E-state index contributed by atoms with van der Waals surface area (Å²) in [6, 6.07) is 12.7. The molecule has 0 aliphatic carbocycles. The average Bonchev–Trinajstić information content (AvgIpc) is 3.21. The fourth-order valence-electron chi connectivity index (χ4n) is 3.35. The lowest BCUT2D eigenvalue weighted by atomic mass is 10.0. The summed E-state index contributed by atoms with van der Waals surface area (Å²) in [4.78, 5) is 27.4. The van der Waals surface area contributed by atoms with E-state index in [1.807, 2.05) is 38.1 Å². The number of carbonyl (C=O) groups excluding carboxylic acids is 2. The van der Waals surface area contributed by atoms with E-state index in [-0.39, 0.29) is 17.4 Å². The highest BCUT2D eigenvalue weighted by atomic mass is 19.1. The summed E-state index contributed by atoms with van der Waals surface area (Å²) >= 11 is 0. The fraction of sp³-hybridized carbons (Fsp3) is 0.364. The van der Waals surface area contributed by atoms with E-state index in [0.717, 1.165) is 18.8 Å². The van der Waals surface area contributed by atoms with E-state index in [2.05, 4.69) is 15.5 Å². The van der Waals surface area contributed by atoms with Crippen LogP contribution in [-0.2, 0) is 4.79 Å². The van der Waals surface area contributed by atoms with Crippen LogP contribution in [0.25, 0.3) is 0 Å². The summed E-state index contributed by atoms with van der Waals surface area (Å²) in [5, 5.41) is 5.50. The summed E-state index contributed by atoms with van der Waals surface area (Å²) in [7, 11) is 0. The van der Waals surface area contributed by atoms with Crippen LogP contribution in [0, 0.1) is 11.7 Å². The first-order valence-corrected chi connectivity index (χ1v) is 9.67. The van der Waals surface area contributed by atoms with Crippen molar-refractivity contribution in [2.75, 3.05) is 23.3 Å². The maximum atomic E-state index is 13.8. The first kappa shape index (κ1) is 19.9. The Morgan fingerprint density at radius 3 is 2.25 bits per heavy atom. The van der Waals surface area contributed by atoms with Gasteiger partial charge in [0.05, 0.1) is 5.56 Å². The van der Waals surface area contributed by atoms with Crippen LogP contribution in [0.4, 0.5) is 15.8 Å². The van der Waals surface area contributed by atoms with E-state index >= 15 is 0 Å². The molecule has 1 unspecified atom stereocenters. The van der Waals surface area contributed by atoms with Crippen molar-refractivity contribution in [1.82, 2.24) is 5.32 Å². The zero-order valence-corrected chi connectivity index (χ0v) is 16.2. The van der Waals surface area contributed by atoms with E-state index in [9.17, 15) is 14.0 Å². The van der Waals surface area contributed by atoms with Gasteiger partial charge in [-0.25, -0.2) is 4.39 Å². The van der Waals surface area contributed by atoms with Crippen molar-refractivity contribution >= 4 is 23.2 Å². The molecule has 1 fully saturated rings. The third-order valence-corrected chi connectivity index (χ3v) is 4.96. The highest BCUT2D eigenvalue weighted by Gasteiger charge is 2.26. The number of benzene rings is 2. The molecule has 0 radical (unpaired) electrons. The van der Waals surface area contributed by atoms with Gasteiger partial charge in [-0.3, -0.25) is 9.59 Å². The number of anilines is 2. The maximum Gasteiger partial charge on any atom is 0.254 e. The molecule has 1 aliphatic rings. The molecule has 2 aromatic rings. The van der Waals surface area contributed by atoms with Gasteiger partial charge in [0.15, 0.2) is 0 Å². The SMILES string of the molecule is CC(C)C(NC(=O)c1ccccc1F)C(=O)Nc1ccc(N2CCCC2)cc1. The van der Waals surface area contributed by atoms with E-state index in [4.69, 9.17) is 0 Å². The zero-order valence-electron chi connectivity index (χ0n) is 16.2. The van der Waals surface area contributed by atoms with Crippen molar-refractivity contribution in [3.05, 3.63) is 59.9 Å². The van der Waals surface area contributed by atoms with Gasteiger partial charge in [0, 0.05) is 24.5 Å². The zero-order chi connectivity index (χ0) is 20.1. The van der Waals surface area contributed by atoms with Crippen LogP contribution in [0.15, 0.2) is 48.5 Å². The summed E-state index contributed by atoms with van der Waals surface area (Å²) in [6.07, 6.45) is 2.41. The van der Waals surface area contributed by atoms with Crippen LogP contribution in [-0.4, -0.2) is 30.9 Å². The fourth-order valence-corrected chi connectivity index (χ4v) is 3.35. The predicted octanol–water partition coefficient (Wildman–Crippen LogP) is 3.82. The van der Waals surface area contributed by atoms with Crippen LogP contribution >= 0.6 is 0 Å². The van der Waals surface area contributed by atoms with Gasteiger partial charge in [-0.2, -0.15) is 0 Å². The van der Waals surface area contributed by atoms with Crippen molar-refractivity contribution in [3.8, 4) is 0 Å². The standard InChI is InChI=1S/C22H26FN3O2/c1-15(2)20(25-21(27)18-7-3-4-8-19(18)23)22(28)24-16-9-11-17(12-10-16)26-13-5-6-14-26/h3-4,7-12,15,20H,5-6,13-14H2,1-2H3,(H,24,28)(H,25,27). The normalized spacial score (nSPS) is 14.8. The van der Waals surface area contributed by atoms with Crippen LogP contribution in [0.3, 0.4) is 0 Å². The van der Waals surface area contributed by atoms with Gasteiger partial charge in [0.2, 0.25) is 5.91 Å². The molecule has 5 nitrogen and oxygen atoms in total. The molecule has 0 spiro atoms. The molecule has 1 aliphatic heterocycles. The smallest absolute Gasteiger partial charge is 0.254 e. The highest BCUT2D eigenvalue weighted by molar-refractivity contribution is 6.01. The minimum atomic E-state index is -0.773. The Morgan fingerprint density at radius 1 is 1.00 bits per heavy atom.